The Bertz CT molecular complexity index is 339. The van der Waals surface area contributed by atoms with Crippen molar-refractivity contribution in [3.63, 3.8) is 0 Å². The number of hydrogen-bond acceptors (Lipinski definition) is 2. The molecule has 0 aromatic carbocycles. The minimum Gasteiger partial charge on any atom is -0.312 e. The molecule has 1 aromatic heterocycles. The van der Waals surface area contributed by atoms with Crippen LogP contribution in [0.25, 0.3) is 0 Å². The lowest BCUT2D eigenvalue weighted by Crippen LogP contribution is -2.20. The van der Waals surface area contributed by atoms with Gasteiger partial charge in [-0.15, -0.1) is 11.3 Å². The van der Waals surface area contributed by atoms with Gasteiger partial charge in [0.25, 0.3) is 0 Å². The van der Waals surface area contributed by atoms with E-state index in [2.05, 4.69) is 50.3 Å². The Morgan fingerprint density at radius 1 is 1.35 bits per heavy atom. The number of rotatable bonds is 4. The molecule has 0 radical (unpaired) electrons. The van der Waals surface area contributed by atoms with E-state index in [1.54, 1.807) is 0 Å². The van der Waals surface area contributed by atoms with Gasteiger partial charge in [0, 0.05) is 15.4 Å². The lowest BCUT2D eigenvalue weighted by molar-refractivity contribution is 0.307. The van der Waals surface area contributed by atoms with Crippen molar-refractivity contribution < 1.29 is 0 Å². The first kappa shape index (κ1) is 14.0. The van der Waals surface area contributed by atoms with Crippen LogP contribution in [-0.2, 0) is 0 Å². The summed E-state index contributed by atoms with van der Waals surface area (Å²) in [7, 11) is 2.08. The highest BCUT2D eigenvalue weighted by Gasteiger charge is 2.21. The molecule has 2 rings (SSSR count). The average Bonchev–Trinajstić information content (AvgIpc) is 2.68. The van der Waals surface area contributed by atoms with Crippen LogP contribution in [0.5, 0.6) is 0 Å². The van der Waals surface area contributed by atoms with E-state index in [0.717, 1.165) is 5.92 Å². The second-order valence-corrected chi connectivity index (χ2v) is 8.11. The van der Waals surface area contributed by atoms with E-state index < -0.39 is 0 Å². The molecule has 1 unspecified atom stereocenters. The third-order valence-electron chi connectivity index (χ3n) is 3.65. The first-order valence-electron chi connectivity index (χ1n) is 6.32. The molecule has 0 amide bonds. The molecular weight excluding hydrogens is 362 g/mol. The van der Waals surface area contributed by atoms with Gasteiger partial charge in [-0.2, -0.15) is 0 Å². The Morgan fingerprint density at radius 3 is 2.59 bits per heavy atom. The Balaban J connectivity index is 2.00. The van der Waals surface area contributed by atoms with E-state index >= 15 is 0 Å². The Morgan fingerprint density at radius 2 is 2.06 bits per heavy atom. The average molecular weight is 381 g/mol. The van der Waals surface area contributed by atoms with Crippen LogP contribution < -0.4 is 5.32 Å². The lowest BCUT2D eigenvalue weighted by Gasteiger charge is -2.25. The SMILES string of the molecule is CNC(CC1CCCCC1)c1cc(Br)c(Br)s1. The van der Waals surface area contributed by atoms with Gasteiger partial charge in [0.05, 0.1) is 3.79 Å². The van der Waals surface area contributed by atoms with Crippen molar-refractivity contribution in [3.8, 4) is 0 Å². The van der Waals surface area contributed by atoms with E-state index in [1.807, 2.05) is 11.3 Å². The van der Waals surface area contributed by atoms with Gasteiger partial charge in [0.2, 0.25) is 0 Å². The molecule has 1 atom stereocenters. The highest BCUT2D eigenvalue weighted by atomic mass is 79.9. The monoisotopic (exact) mass is 379 g/mol. The topological polar surface area (TPSA) is 12.0 Å². The molecule has 1 aromatic rings. The molecule has 0 spiro atoms. The number of hydrogen-bond donors (Lipinski definition) is 1. The molecule has 0 bridgehead atoms. The third kappa shape index (κ3) is 3.79. The molecule has 1 heterocycles. The minimum absolute atomic E-state index is 0.519. The van der Waals surface area contributed by atoms with Crippen LogP contribution in [-0.4, -0.2) is 7.05 Å². The van der Waals surface area contributed by atoms with Gasteiger partial charge in [0.1, 0.15) is 0 Å². The molecule has 1 aliphatic carbocycles. The van der Waals surface area contributed by atoms with Gasteiger partial charge in [-0.1, -0.05) is 32.1 Å². The van der Waals surface area contributed by atoms with Gasteiger partial charge in [0.15, 0.2) is 0 Å². The number of nitrogens with one attached hydrogen (secondary N) is 1. The normalized spacial score (nSPS) is 19.5. The van der Waals surface area contributed by atoms with Crippen molar-refractivity contribution in [2.45, 2.75) is 44.6 Å². The Labute approximate surface area is 125 Å². The van der Waals surface area contributed by atoms with E-state index in [9.17, 15) is 0 Å². The van der Waals surface area contributed by atoms with Crippen LogP contribution in [0, 0.1) is 5.92 Å². The molecular formula is C13H19Br2NS. The number of halogens is 2. The first-order valence-corrected chi connectivity index (χ1v) is 8.73. The van der Waals surface area contributed by atoms with Crippen LogP contribution >= 0.6 is 43.2 Å². The lowest BCUT2D eigenvalue weighted by atomic mass is 9.84. The molecule has 1 fully saturated rings. The molecule has 1 nitrogen and oxygen atoms in total. The zero-order valence-corrected chi connectivity index (χ0v) is 14.1. The standard InChI is InChI=1S/C13H19Br2NS/c1-16-11(7-9-5-3-2-4-6-9)12-8-10(14)13(15)17-12/h8-9,11,16H,2-7H2,1H3. The summed E-state index contributed by atoms with van der Waals surface area (Å²) in [5.74, 6) is 0.917. The van der Waals surface area contributed by atoms with E-state index in [-0.39, 0.29) is 0 Å². The fraction of sp³-hybridized carbons (Fsp3) is 0.692. The number of thiophene rings is 1. The molecule has 0 saturated heterocycles. The summed E-state index contributed by atoms with van der Waals surface area (Å²) >= 11 is 9.00. The Hall–Kier alpha value is 0.620. The van der Waals surface area contributed by atoms with Gasteiger partial charge < -0.3 is 5.32 Å². The summed E-state index contributed by atoms with van der Waals surface area (Å²) in [5, 5.41) is 3.47. The predicted molar refractivity (Wildman–Crippen MR) is 82.7 cm³/mol. The van der Waals surface area contributed by atoms with Crippen molar-refractivity contribution in [1.82, 2.24) is 5.32 Å². The van der Waals surface area contributed by atoms with Crippen LogP contribution in [0.1, 0.15) is 49.4 Å². The van der Waals surface area contributed by atoms with Gasteiger partial charge in [-0.25, -0.2) is 0 Å². The van der Waals surface area contributed by atoms with Crippen molar-refractivity contribution in [2.24, 2.45) is 5.92 Å². The van der Waals surface area contributed by atoms with Crippen LogP contribution in [0.2, 0.25) is 0 Å². The molecule has 1 saturated carbocycles. The highest BCUT2D eigenvalue weighted by molar-refractivity contribution is 9.13. The second-order valence-electron chi connectivity index (χ2n) is 4.85. The maximum Gasteiger partial charge on any atom is 0.0843 e. The van der Waals surface area contributed by atoms with Crippen LogP contribution in [0.4, 0.5) is 0 Å². The van der Waals surface area contributed by atoms with E-state index in [0.29, 0.717) is 6.04 Å². The van der Waals surface area contributed by atoms with Gasteiger partial charge in [-0.05, 0) is 57.3 Å². The summed E-state index contributed by atoms with van der Waals surface area (Å²) in [6.45, 7) is 0. The molecule has 0 aliphatic heterocycles. The van der Waals surface area contributed by atoms with E-state index in [4.69, 9.17) is 0 Å². The zero-order chi connectivity index (χ0) is 12.3. The maximum atomic E-state index is 3.58. The zero-order valence-electron chi connectivity index (χ0n) is 10.1. The molecule has 1 N–H and O–H groups in total. The summed E-state index contributed by atoms with van der Waals surface area (Å²) in [4.78, 5) is 1.44. The molecule has 17 heavy (non-hydrogen) atoms. The van der Waals surface area contributed by atoms with Crippen molar-refractivity contribution >= 4 is 43.2 Å². The van der Waals surface area contributed by atoms with Crippen molar-refractivity contribution in [2.75, 3.05) is 7.05 Å². The second kappa shape index (κ2) is 6.69. The van der Waals surface area contributed by atoms with Gasteiger partial charge >= 0.3 is 0 Å². The molecule has 4 heteroatoms. The van der Waals surface area contributed by atoms with Gasteiger partial charge in [-0.3, -0.25) is 0 Å². The minimum atomic E-state index is 0.519. The summed E-state index contributed by atoms with van der Waals surface area (Å²) in [6.07, 6.45) is 8.43. The Kier molecular flexibility index (Phi) is 5.52. The van der Waals surface area contributed by atoms with Crippen LogP contribution in [0.15, 0.2) is 14.3 Å². The smallest absolute Gasteiger partial charge is 0.0843 e. The quantitative estimate of drug-likeness (QED) is 0.726. The first-order chi connectivity index (χ1) is 8.20. The summed E-state index contributed by atoms with van der Waals surface area (Å²) in [6, 6.07) is 2.77. The molecule has 1 aliphatic rings. The largest absolute Gasteiger partial charge is 0.312 e. The van der Waals surface area contributed by atoms with Crippen molar-refractivity contribution in [1.29, 1.82) is 0 Å². The highest BCUT2D eigenvalue weighted by Crippen LogP contribution is 2.39. The molecule has 96 valence electrons. The summed E-state index contributed by atoms with van der Waals surface area (Å²) in [5.41, 5.74) is 0. The van der Waals surface area contributed by atoms with E-state index in [1.165, 1.54) is 51.7 Å². The predicted octanol–water partition coefficient (Wildman–Crippen LogP) is 5.50. The van der Waals surface area contributed by atoms with Crippen molar-refractivity contribution in [3.05, 3.63) is 19.2 Å². The third-order valence-corrected chi connectivity index (χ3v) is 7.02. The summed E-state index contributed by atoms with van der Waals surface area (Å²) < 4.78 is 2.39. The fourth-order valence-electron chi connectivity index (χ4n) is 2.67. The van der Waals surface area contributed by atoms with Crippen LogP contribution in [0.3, 0.4) is 0 Å². The fourth-order valence-corrected chi connectivity index (χ4v) is 4.88. The maximum absolute atomic E-state index is 3.58.